The summed E-state index contributed by atoms with van der Waals surface area (Å²) in [6.07, 6.45) is 0. The van der Waals surface area contributed by atoms with E-state index < -0.39 is 0 Å². The first-order valence-corrected chi connectivity index (χ1v) is 23.0. The van der Waals surface area contributed by atoms with Gasteiger partial charge in [0.1, 0.15) is 0 Å². The van der Waals surface area contributed by atoms with Crippen LogP contribution >= 0.6 is 0 Å². The molecule has 0 aromatic heterocycles. The van der Waals surface area contributed by atoms with Crippen molar-refractivity contribution >= 4 is 75.4 Å². The zero-order chi connectivity index (χ0) is 43.3. The Labute approximate surface area is 383 Å². The Kier molecular flexibility index (Phi) is 8.08. The zero-order valence-electron chi connectivity index (χ0n) is 36.1. The molecule has 14 aromatic carbocycles. The maximum absolute atomic E-state index is 2.36. The molecule has 0 heteroatoms. The largest absolute Gasteiger partial charge is 0.0622 e. The molecule has 14 aromatic rings. The molecule has 304 valence electrons. The molecule has 66 heavy (non-hydrogen) atoms. The summed E-state index contributed by atoms with van der Waals surface area (Å²) in [7, 11) is 0. The molecular weight excluding hydrogens is 793 g/mol. The van der Waals surface area contributed by atoms with Gasteiger partial charge in [0.15, 0.2) is 0 Å². The van der Waals surface area contributed by atoms with Crippen LogP contribution in [0.3, 0.4) is 0 Å². The summed E-state index contributed by atoms with van der Waals surface area (Å²) < 4.78 is 0. The summed E-state index contributed by atoms with van der Waals surface area (Å²) in [6, 6.07) is 90.3. The van der Waals surface area contributed by atoms with E-state index in [1.54, 1.807) is 0 Å². The van der Waals surface area contributed by atoms with Crippen molar-refractivity contribution in [1.29, 1.82) is 0 Å². The highest BCUT2D eigenvalue weighted by atomic mass is 14.2. The van der Waals surface area contributed by atoms with E-state index in [0.717, 1.165) is 0 Å². The molecule has 0 heterocycles. The third-order valence-corrected chi connectivity index (χ3v) is 14.4. The van der Waals surface area contributed by atoms with Gasteiger partial charge in [-0.3, -0.25) is 0 Å². The fourth-order valence-corrected chi connectivity index (χ4v) is 11.2. The molecule has 0 bridgehead atoms. The normalized spacial score (nSPS) is 11.9. The van der Waals surface area contributed by atoms with E-state index in [2.05, 4.69) is 243 Å². The quantitative estimate of drug-likeness (QED) is 0.146. The van der Waals surface area contributed by atoms with Gasteiger partial charge in [-0.05, 0) is 160 Å². The van der Waals surface area contributed by atoms with Crippen LogP contribution in [0.4, 0.5) is 0 Å². The predicted molar refractivity (Wildman–Crippen MR) is 284 cm³/mol. The molecule has 0 fully saturated rings. The first kappa shape index (κ1) is 36.9. The zero-order valence-corrected chi connectivity index (χ0v) is 36.1. The molecule has 0 aliphatic carbocycles. The Hall–Kier alpha value is -8.58. The lowest BCUT2D eigenvalue weighted by Crippen LogP contribution is -1.90. The van der Waals surface area contributed by atoms with Crippen molar-refractivity contribution in [3.63, 3.8) is 0 Å². The van der Waals surface area contributed by atoms with Gasteiger partial charge in [-0.15, -0.1) is 0 Å². The van der Waals surface area contributed by atoms with Crippen LogP contribution in [0, 0.1) is 0 Å². The first-order chi connectivity index (χ1) is 32.7. The molecule has 0 N–H and O–H groups in total. The number of fused-ring (bicyclic) bond motifs is 1. The van der Waals surface area contributed by atoms with Gasteiger partial charge in [0.2, 0.25) is 0 Å². The van der Waals surface area contributed by atoms with E-state index >= 15 is 0 Å². The van der Waals surface area contributed by atoms with Gasteiger partial charge in [0, 0.05) is 0 Å². The third-order valence-electron chi connectivity index (χ3n) is 14.4. The number of benzene rings is 14. The summed E-state index contributed by atoms with van der Waals surface area (Å²) in [6.45, 7) is 0. The fraction of sp³-hybridized carbons (Fsp3) is 0. The first-order valence-electron chi connectivity index (χ1n) is 23.0. The Morgan fingerprint density at radius 2 is 0.470 bits per heavy atom. The lowest BCUT2D eigenvalue weighted by molar-refractivity contribution is 1.58. The Bertz CT molecular complexity index is 4190. The predicted octanol–water partition coefficient (Wildman–Crippen LogP) is 18.6. The van der Waals surface area contributed by atoms with Crippen molar-refractivity contribution in [2.75, 3.05) is 0 Å². The Morgan fingerprint density at radius 3 is 0.924 bits per heavy atom. The molecule has 0 nitrogen and oxygen atoms in total. The smallest absolute Gasteiger partial charge is 0.00203 e. The maximum atomic E-state index is 2.36. The Balaban J connectivity index is 0.807. The molecule has 14 rings (SSSR count). The highest BCUT2D eigenvalue weighted by Gasteiger charge is 2.18. The van der Waals surface area contributed by atoms with Crippen molar-refractivity contribution in [2.45, 2.75) is 0 Å². The lowest BCUT2D eigenvalue weighted by Gasteiger charge is -2.17. The van der Waals surface area contributed by atoms with Gasteiger partial charge >= 0.3 is 0 Å². The number of hydrogen-bond acceptors (Lipinski definition) is 0. The average Bonchev–Trinajstić information content (AvgIpc) is 3.39. The molecule has 0 aliphatic rings. The van der Waals surface area contributed by atoms with Crippen LogP contribution in [0.5, 0.6) is 0 Å². The minimum Gasteiger partial charge on any atom is -0.0622 e. The minimum absolute atomic E-state index is 1.20. The molecule has 0 aliphatic heterocycles. The second kappa shape index (κ2) is 14.5. The van der Waals surface area contributed by atoms with Gasteiger partial charge in [0.05, 0.1) is 0 Å². The van der Waals surface area contributed by atoms with Crippen molar-refractivity contribution in [3.8, 4) is 66.8 Å². The number of hydrogen-bond donors (Lipinski definition) is 0. The molecule has 0 saturated carbocycles. The number of rotatable bonds is 6. The molecular formula is C66H40. The van der Waals surface area contributed by atoms with E-state index in [1.165, 1.54) is 142 Å². The lowest BCUT2D eigenvalue weighted by atomic mass is 9.86. The molecule has 0 atom stereocenters. The molecule has 0 saturated heterocycles. The van der Waals surface area contributed by atoms with Crippen LogP contribution in [0.2, 0.25) is 0 Å². The van der Waals surface area contributed by atoms with Gasteiger partial charge in [-0.1, -0.05) is 224 Å². The van der Waals surface area contributed by atoms with E-state index in [1.807, 2.05) is 0 Å². The van der Waals surface area contributed by atoms with Crippen LogP contribution in [0.15, 0.2) is 243 Å². The Morgan fingerprint density at radius 1 is 0.152 bits per heavy atom. The summed E-state index contributed by atoms with van der Waals surface area (Å²) >= 11 is 0. The van der Waals surface area contributed by atoms with Gasteiger partial charge < -0.3 is 0 Å². The van der Waals surface area contributed by atoms with Crippen molar-refractivity contribution in [2.24, 2.45) is 0 Å². The van der Waals surface area contributed by atoms with Crippen molar-refractivity contribution in [1.82, 2.24) is 0 Å². The van der Waals surface area contributed by atoms with E-state index in [-0.39, 0.29) is 0 Å². The standard InChI is InChI=1S/C66H40/c1-2-9-44(10-3-1)55-30-22-45-27-35-60-56(31-23-46-26-34-59(55)63(45)64(46)60)52-14-6-12-50(38-52)42-16-18-43(19-17-42)51-13-7-15-53(39-51)57-32-24-47-29-37-62-58(33-25-48-28-36-61(57)65(47)66(48)62)54-21-20-41-8-4-5-11-49(41)40-54/h1-40H. The summed E-state index contributed by atoms with van der Waals surface area (Å²) in [5.74, 6) is 0. The summed E-state index contributed by atoms with van der Waals surface area (Å²) in [5, 5.41) is 18.2. The highest BCUT2D eigenvalue weighted by Crippen LogP contribution is 2.45. The van der Waals surface area contributed by atoms with Crippen LogP contribution in [-0.4, -0.2) is 0 Å². The highest BCUT2D eigenvalue weighted by molar-refractivity contribution is 6.29. The summed E-state index contributed by atoms with van der Waals surface area (Å²) in [5.41, 5.74) is 14.8. The van der Waals surface area contributed by atoms with E-state index in [9.17, 15) is 0 Å². The topological polar surface area (TPSA) is 0 Å². The molecule has 0 unspecified atom stereocenters. The van der Waals surface area contributed by atoms with Gasteiger partial charge in [0.25, 0.3) is 0 Å². The van der Waals surface area contributed by atoms with Crippen LogP contribution in [0.1, 0.15) is 0 Å². The van der Waals surface area contributed by atoms with E-state index in [0.29, 0.717) is 0 Å². The van der Waals surface area contributed by atoms with Crippen molar-refractivity contribution in [3.05, 3.63) is 243 Å². The fourth-order valence-electron chi connectivity index (χ4n) is 11.2. The monoisotopic (exact) mass is 832 g/mol. The van der Waals surface area contributed by atoms with Crippen LogP contribution in [-0.2, 0) is 0 Å². The summed E-state index contributed by atoms with van der Waals surface area (Å²) in [4.78, 5) is 0. The second-order valence-electron chi connectivity index (χ2n) is 18.0. The van der Waals surface area contributed by atoms with Crippen molar-refractivity contribution < 1.29 is 0 Å². The SMILES string of the molecule is c1ccc(-c2ccc3ccc4c(-c5cccc(-c6ccc(-c7cccc(-c8ccc9ccc%10c(-c%11ccc%12ccccc%12c%11)ccc%11ccc8c9c%11%10)c7)cc6)c5)ccc5ccc2c3c54)cc1. The molecule has 0 amide bonds. The molecule has 0 spiro atoms. The van der Waals surface area contributed by atoms with Crippen LogP contribution in [0.25, 0.3) is 142 Å². The average molecular weight is 833 g/mol. The van der Waals surface area contributed by atoms with Crippen LogP contribution < -0.4 is 0 Å². The second-order valence-corrected chi connectivity index (χ2v) is 18.0. The maximum Gasteiger partial charge on any atom is -0.00203 e. The third kappa shape index (κ3) is 5.72. The van der Waals surface area contributed by atoms with Gasteiger partial charge in [-0.2, -0.15) is 0 Å². The minimum atomic E-state index is 1.20. The molecule has 0 radical (unpaired) electrons. The van der Waals surface area contributed by atoms with E-state index in [4.69, 9.17) is 0 Å². The van der Waals surface area contributed by atoms with Gasteiger partial charge in [-0.25, -0.2) is 0 Å².